The molecule has 1 heterocycles. The van der Waals surface area contributed by atoms with E-state index in [-0.39, 0.29) is 28.4 Å². The van der Waals surface area contributed by atoms with Gasteiger partial charge in [-0.1, -0.05) is 11.3 Å². The average Bonchev–Trinajstić information content (AvgIpc) is 3.09. The van der Waals surface area contributed by atoms with Crippen LogP contribution in [0.3, 0.4) is 0 Å². The van der Waals surface area contributed by atoms with Crippen molar-refractivity contribution in [3.05, 3.63) is 53.1 Å². The van der Waals surface area contributed by atoms with Crippen molar-refractivity contribution in [1.82, 2.24) is 4.57 Å². The Kier molecular flexibility index (Phi) is 8.39. The van der Waals surface area contributed by atoms with E-state index in [0.717, 1.165) is 23.9 Å². The molecule has 0 radical (unpaired) electrons. The van der Waals surface area contributed by atoms with Gasteiger partial charge in [0.05, 0.1) is 32.4 Å². The minimum absolute atomic E-state index is 0.00163. The van der Waals surface area contributed by atoms with Crippen LogP contribution in [0.15, 0.2) is 57.2 Å². The van der Waals surface area contributed by atoms with Crippen LogP contribution in [0.25, 0.3) is 10.2 Å². The molecule has 0 saturated carbocycles. The molecule has 0 bridgehead atoms. The summed E-state index contributed by atoms with van der Waals surface area (Å²) in [6.07, 6.45) is 1.10. The first-order chi connectivity index (χ1) is 16.0. The highest BCUT2D eigenvalue weighted by Gasteiger charge is 2.16. The van der Waals surface area contributed by atoms with E-state index >= 15 is 0 Å². The van der Waals surface area contributed by atoms with Crippen molar-refractivity contribution in [3.8, 4) is 0 Å². The fourth-order valence-corrected chi connectivity index (χ4v) is 6.37. The summed E-state index contributed by atoms with van der Waals surface area (Å²) in [5.74, 6) is -1.29. The van der Waals surface area contributed by atoms with E-state index in [2.05, 4.69) is 4.99 Å². The largest absolute Gasteiger partial charge is 0.380 e. The molecule has 8 nitrogen and oxygen atoms in total. The number of nitrogens with zero attached hydrogens (tertiary/aromatic N) is 2. The first kappa shape index (κ1) is 26.2. The van der Waals surface area contributed by atoms with E-state index in [1.54, 1.807) is 16.7 Å². The van der Waals surface area contributed by atoms with Crippen molar-refractivity contribution in [2.45, 2.75) is 36.1 Å². The van der Waals surface area contributed by atoms with Crippen molar-refractivity contribution in [2.75, 3.05) is 25.2 Å². The number of halogens is 1. The predicted octanol–water partition coefficient (Wildman–Crippen LogP) is 2.96. The first-order valence-corrected chi connectivity index (χ1v) is 14.8. The third kappa shape index (κ3) is 6.59. The molecule has 3 aromatic rings. The summed E-state index contributed by atoms with van der Waals surface area (Å²) < 4.78 is 69.5. The second-order valence-corrected chi connectivity index (χ2v) is 12.7. The Morgan fingerprint density at radius 3 is 2.41 bits per heavy atom. The standard InChI is InChI=1S/C22H25FN2O6S3/c1-3-31-13-12-25-19-11-10-18(33(2,27)28)15-20(19)32-22(25)24-21(26)5-4-14-34(29,30)17-8-6-16(23)7-9-17/h6-11,15H,3-5,12-14H2,1-2H3. The minimum Gasteiger partial charge on any atom is -0.380 e. The highest BCUT2D eigenvalue weighted by atomic mass is 32.2. The zero-order chi connectivity index (χ0) is 24.9. The number of amides is 1. The van der Waals surface area contributed by atoms with E-state index in [1.807, 2.05) is 6.92 Å². The molecule has 184 valence electrons. The predicted molar refractivity (Wildman–Crippen MR) is 128 cm³/mol. The number of benzene rings is 2. The number of aromatic nitrogens is 1. The molecule has 0 aliphatic carbocycles. The summed E-state index contributed by atoms with van der Waals surface area (Å²) in [6.45, 7) is 3.18. The van der Waals surface area contributed by atoms with Gasteiger partial charge in [-0.15, -0.1) is 0 Å². The number of hydrogen-bond acceptors (Lipinski definition) is 7. The smallest absolute Gasteiger partial charge is 0.248 e. The number of ether oxygens (including phenoxy) is 1. The van der Waals surface area contributed by atoms with Crippen molar-refractivity contribution >= 4 is 47.1 Å². The molecule has 0 saturated heterocycles. The molecule has 0 aliphatic rings. The van der Waals surface area contributed by atoms with Crippen LogP contribution in [0.2, 0.25) is 0 Å². The molecule has 0 unspecified atom stereocenters. The molecule has 1 amide bonds. The lowest BCUT2D eigenvalue weighted by atomic mass is 10.3. The normalized spacial score (nSPS) is 13.0. The zero-order valence-electron chi connectivity index (χ0n) is 18.7. The van der Waals surface area contributed by atoms with Crippen molar-refractivity contribution in [2.24, 2.45) is 4.99 Å². The fourth-order valence-electron chi connectivity index (χ4n) is 3.22. The summed E-state index contributed by atoms with van der Waals surface area (Å²) in [5, 5.41) is 0. The van der Waals surface area contributed by atoms with Gasteiger partial charge < -0.3 is 9.30 Å². The van der Waals surface area contributed by atoms with Gasteiger partial charge in [-0.25, -0.2) is 21.2 Å². The Balaban J connectivity index is 1.82. The van der Waals surface area contributed by atoms with E-state index in [4.69, 9.17) is 4.74 Å². The fraction of sp³-hybridized carbons (Fsp3) is 0.364. The van der Waals surface area contributed by atoms with Gasteiger partial charge in [0.25, 0.3) is 0 Å². The SMILES string of the molecule is CCOCCn1c(=NC(=O)CCCS(=O)(=O)c2ccc(F)cc2)sc2cc(S(C)(=O)=O)ccc21. The third-order valence-electron chi connectivity index (χ3n) is 4.94. The Hall–Kier alpha value is -2.41. The molecule has 3 rings (SSSR count). The monoisotopic (exact) mass is 528 g/mol. The maximum absolute atomic E-state index is 13.0. The summed E-state index contributed by atoms with van der Waals surface area (Å²) in [5.41, 5.74) is 0.725. The molecule has 0 atom stereocenters. The number of fused-ring (bicyclic) bond motifs is 1. The van der Waals surface area contributed by atoms with E-state index < -0.39 is 31.4 Å². The maximum atomic E-state index is 13.0. The lowest BCUT2D eigenvalue weighted by Gasteiger charge is -2.06. The molecule has 0 fully saturated rings. The topological polar surface area (TPSA) is 112 Å². The summed E-state index contributed by atoms with van der Waals surface area (Å²) in [6, 6.07) is 9.27. The Morgan fingerprint density at radius 2 is 1.76 bits per heavy atom. The van der Waals surface area contributed by atoms with Gasteiger partial charge >= 0.3 is 0 Å². The van der Waals surface area contributed by atoms with Gasteiger partial charge in [0.15, 0.2) is 24.5 Å². The van der Waals surface area contributed by atoms with Crippen LogP contribution in [0.4, 0.5) is 4.39 Å². The molecule has 0 spiro atoms. The molecule has 34 heavy (non-hydrogen) atoms. The van der Waals surface area contributed by atoms with Crippen molar-refractivity contribution in [3.63, 3.8) is 0 Å². The molecule has 2 aromatic carbocycles. The lowest BCUT2D eigenvalue weighted by Crippen LogP contribution is -2.20. The molecule has 1 aromatic heterocycles. The number of thiazole rings is 1. The summed E-state index contributed by atoms with van der Waals surface area (Å²) in [4.78, 5) is 17.2. The second-order valence-electron chi connectivity index (χ2n) is 7.52. The van der Waals surface area contributed by atoms with Crippen LogP contribution >= 0.6 is 11.3 Å². The van der Waals surface area contributed by atoms with Gasteiger partial charge in [-0.2, -0.15) is 4.99 Å². The van der Waals surface area contributed by atoms with Gasteiger partial charge in [0.2, 0.25) is 5.91 Å². The summed E-state index contributed by atoms with van der Waals surface area (Å²) in [7, 11) is -7.04. The number of hydrogen-bond donors (Lipinski definition) is 0. The number of sulfone groups is 2. The van der Waals surface area contributed by atoms with Crippen molar-refractivity contribution in [1.29, 1.82) is 0 Å². The third-order valence-corrected chi connectivity index (χ3v) is 8.91. The molecule has 12 heteroatoms. The van der Waals surface area contributed by atoms with E-state index in [9.17, 15) is 26.0 Å². The lowest BCUT2D eigenvalue weighted by molar-refractivity contribution is -0.118. The van der Waals surface area contributed by atoms with Gasteiger partial charge in [-0.05, 0) is 55.8 Å². The van der Waals surface area contributed by atoms with Gasteiger partial charge in [-0.3, -0.25) is 4.79 Å². The van der Waals surface area contributed by atoms with Gasteiger partial charge in [0.1, 0.15) is 5.82 Å². The van der Waals surface area contributed by atoms with Gasteiger partial charge in [0, 0.05) is 25.8 Å². The molecular weight excluding hydrogens is 503 g/mol. The molecular formula is C22H25FN2O6S3. The maximum Gasteiger partial charge on any atom is 0.248 e. The zero-order valence-corrected chi connectivity index (χ0v) is 21.2. The van der Waals surface area contributed by atoms with Crippen molar-refractivity contribution < 1.29 is 30.8 Å². The average molecular weight is 529 g/mol. The van der Waals surface area contributed by atoms with E-state index in [0.29, 0.717) is 29.3 Å². The molecule has 0 aliphatic heterocycles. The van der Waals surface area contributed by atoms with Crippen LogP contribution in [0.5, 0.6) is 0 Å². The highest BCUT2D eigenvalue weighted by Crippen LogP contribution is 2.22. The first-order valence-electron chi connectivity index (χ1n) is 10.5. The van der Waals surface area contributed by atoms with Crippen LogP contribution in [-0.4, -0.2) is 52.5 Å². The van der Waals surface area contributed by atoms with Crippen LogP contribution < -0.4 is 4.80 Å². The highest BCUT2D eigenvalue weighted by molar-refractivity contribution is 7.91. The Bertz CT molecular complexity index is 1460. The van der Waals surface area contributed by atoms with E-state index in [1.165, 1.54) is 29.5 Å². The second kappa shape index (κ2) is 10.9. The Labute approximate surface area is 201 Å². The minimum atomic E-state index is -3.64. The Morgan fingerprint density at radius 1 is 1.09 bits per heavy atom. The quantitative estimate of drug-likeness (QED) is 0.295. The number of carbonyl (C=O) groups excluding carboxylic acids is 1. The van der Waals surface area contributed by atoms with Crippen LogP contribution in [-0.2, 0) is 35.8 Å². The number of carbonyl (C=O) groups is 1. The molecule has 0 N–H and O–H groups in total. The number of rotatable bonds is 10. The summed E-state index contributed by atoms with van der Waals surface area (Å²) >= 11 is 1.18. The van der Waals surface area contributed by atoms with Crippen LogP contribution in [0.1, 0.15) is 19.8 Å². The van der Waals surface area contributed by atoms with Crippen LogP contribution in [0, 0.1) is 5.82 Å².